The number of hydrogen-bond acceptors (Lipinski definition) is 2. The molecule has 0 heterocycles. The van der Waals surface area contributed by atoms with Crippen LogP contribution < -0.4 is 0 Å². The molecular formula is C22H30O2. The van der Waals surface area contributed by atoms with Gasteiger partial charge in [0.15, 0.2) is 0 Å². The highest BCUT2D eigenvalue weighted by Gasteiger charge is 2.21. The Kier molecular flexibility index (Phi) is 7.89. The standard InChI is InChI=1S/C22H30O2/c1-3-7-18-10-14-20(15-11-18)21-16-12-19(13-17-21)8-5-4-6-9-22(23)24-2/h12-13,16-18,20H,3-4,6-7,9-11,14-15H2,1-2H3. The number of rotatable bonds is 6. The van der Waals surface area contributed by atoms with Crippen molar-refractivity contribution < 1.29 is 9.53 Å². The Morgan fingerprint density at radius 3 is 2.50 bits per heavy atom. The van der Waals surface area contributed by atoms with Gasteiger partial charge < -0.3 is 4.74 Å². The molecule has 1 aromatic rings. The fraction of sp³-hybridized carbons (Fsp3) is 0.591. The van der Waals surface area contributed by atoms with Crippen molar-refractivity contribution in [2.24, 2.45) is 5.92 Å². The Hall–Kier alpha value is -1.75. The third kappa shape index (κ3) is 6.04. The van der Waals surface area contributed by atoms with Crippen molar-refractivity contribution in [1.29, 1.82) is 0 Å². The van der Waals surface area contributed by atoms with Crippen LogP contribution in [0.25, 0.3) is 0 Å². The predicted octanol–water partition coefficient (Wildman–Crippen LogP) is 5.46. The second-order valence-corrected chi connectivity index (χ2v) is 6.86. The average Bonchev–Trinajstić information content (AvgIpc) is 2.63. The topological polar surface area (TPSA) is 26.3 Å². The van der Waals surface area contributed by atoms with Crippen LogP contribution in [0.4, 0.5) is 0 Å². The summed E-state index contributed by atoms with van der Waals surface area (Å²) >= 11 is 0. The summed E-state index contributed by atoms with van der Waals surface area (Å²) in [5, 5.41) is 0. The Morgan fingerprint density at radius 1 is 1.17 bits per heavy atom. The normalized spacial score (nSPS) is 20.1. The van der Waals surface area contributed by atoms with E-state index >= 15 is 0 Å². The summed E-state index contributed by atoms with van der Waals surface area (Å²) in [4.78, 5) is 11.0. The molecule has 0 unspecified atom stereocenters. The van der Waals surface area contributed by atoms with E-state index in [0.717, 1.165) is 30.2 Å². The lowest BCUT2D eigenvalue weighted by Crippen LogP contribution is -2.13. The van der Waals surface area contributed by atoms with Gasteiger partial charge in [-0.1, -0.05) is 43.7 Å². The summed E-state index contributed by atoms with van der Waals surface area (Å²) < 4.78 is 4.62. The van der Waals surface area contributed by atoms with Crippen molar-refractivity contribution in [1.82, 2.24) is 0 Å². The third-order valence-corrected chi connectivity index (χ3v) is 5.07. The smallest absolute Gasteiger partial charge is 0.305 e. The summed E-state index contributed by atoms with van der Waals surface area (Å²) in [7, 11) is 1.42. The van der Waals surface area contributed by atoms with Gasteiger partial charge >= 0.3 is 5.97 Å². The van der Waals surface area contributed by atoms with E-state index in [1.165, 1.54) is 51.2 Å². The molecule has 0 atom stereocenters. The maximum atomic E-state index is 11.0. The highest BCUT2D eigenvalue weighted by atomic mass is 16.5. The largest absolute Gasteiger partial charge is 0.469 e. The Morgan fingerprint density at radius 2 is 1.88 bits per heavy atom. The fourth-order valence-electron chi connectivity index (χ4n) is 3.62. The Bertz CT molecular complexity index is 554. The molecule has 130 valence electrons. The van der Waals surface area contributed by atoms with Crippen LogP contribution in [0.1, 0.15) is 81.8 Å². The van der Waals surface area contributed by atoms with Gasteiger partial charge in [-0.15, -0.1) is 0 Å². The Labute approximate surface area is 147 Å². The lowest BCUT2D eigenvalue weighted by molar-refractivity contribution is -0.140. The van der Waals surface area contributed by atoms with Gasteiger partial charge in [-0.3, -0.25) is 4.79 Å². The van der Waals surface area contributed by atoms with E-state index in [0.29, 0.717) is 6.42 Å². The second-order valence-electron chi connectivity index (χ2n) is 6.86. The summed E-state index contributed by atoms with van der Waals surface area (Å²) in [6, 6.07) is 8.79. The molecule has 0 saturated heterocycles. The van der Waals surface area contributed by atoms with Gasteiger partial charge in [0.1, 0.15) is 0 Å². The quantitative estimate of drug-likeness (QED) is 0.394. The fourth-order valence-corrected chi connectivity index (χ4v) is 3.62. The predicted molar refractivity (Wildman–Crippen MR) is 98.8 cm³/mol. The molecule has 0 aromatic heterocycles. The molecule has 1 aliphatic rings. The molecule has 1 aliphatic carbocycles. The first kappa shape index (κ1) is 18.6. The van der Waals surface area contributed by atoms with Gasteiger partial charge in [0.05, 0.1) is 7.11 Å². The van der Waals surface area contributed by atoms with Crippen LogP contribution in [0, 0.1) is 17.8 Å². The van der Waals surface area contributed by atoms with Crippen LogP contribution >= 0.6 is 0 Å². The van der Waals surface area contributed by atoms with Crippen molar-refractivity contribution in [2.45, 2.75) is 70.6 Å². The third-order valence-electron chi connectivity index (χ3n) is 5.07. The monoisotopic (exact) mass is 326 g/mol. The van der Waals surface area contributed by atoms with E-state index in [9.17, 15) is 4.79 Å². The first-order valence-electron chi connectivity index (χ1n) is 9.38. The van der Waals surface area contributed by atoms with Gasteiger partial charge in [0, 0.05) is 18.4 Å². The molecule has 0 radical (unpaired) electrons. The van der Waals surface area contributed by atoms with E-state index < -0.39 is 0 Å². The Balaban J connectivity index is 1.78. The summed E-state index contributed by atoms with van der Waals surface area (Å²) in [6.45, 7) is 2.29. The second kappa shape index (κ2) is 10.2. The number of carbonyl (C=O) groups excluding carboxylic acids is 1. The zero-order chi connectivity index (χ0) is 17.2. The van der Waals surface area contributed by atoms with E-state index in [4.69, 9.17) is 0 Å². The number of unbranched alkanes of at least 4 members (excludes halogenated alkanes) is 1. The number of esters is 1. The number of benzene rings is 1. The number of ether oxygens (including phenoxy) is 1. The molecule has 1 fully saturated rings. The summed E-state index contributed by atoms with van der Waals surface area (Å²) in [5.41, 5.74) is 2.54. The lowest BCUT2D eigenvalue weighted by atomic mass is 9.77. The zero-order valence-corrected chi connectivity index (χ0v) is 15.1. The van der Waals surface area contributed by atoms with Crippen molar-refractivity contribution in [3.63, 3.8) is 0 Å². The summed E-state index contributed by atoms with van der Waals surface area (Å²) in [6.07, 6.45) is 10.1. The molecule has 1 aromatic carbocycles. The molecule has 2 heteroatoms. The maximum absolute atomic E-state index is 11.0. The maximum Gasteiger partial charge on any atom is 0.305 e. The molecule has 2 rings (SSSR count). The molecule has 24 heavy (non-hydrogen) atoms. The molecule has 0 spiro atoms. The van der Waals surface area contributed by atoms with Gasteiger partial charge in [0.25, 0.3) is 0 Å². The molecular weight excluding hydrogens is 296 g/mol. The molecule has 0 aliphatic heterocycles. The molecule has 0 bridgehead atoms. The van der Waals surface area contributed by atoms with E-state index in [1.807, 2.05) is 0 Å². The highest BCUT2D eigenvalue weighted by Crippen LogP contribution is 2.37. The van der Waals surface area contributed by atoms with Crippen LogP contribution in [0.3, 0.4) is 0 Å². The lowest BCUT2D eigenvalue weighted by Gasteiger charge is -2.28. The van der Waals surface area contributed by atoms with Crippen LogP contribution in [-0.4, -0.2) is 13.1 Å². The van der Waals surface area contributed by atoms with Crippen LogP contribution in [0.2, 0.25) is 0 Å². The van der Waals surface area contributed by atoms with Crippen molar-refractivity contribution >= 4 is 5.97 Å². The first-order chi connectivity index (χ1) is 11.7. The van der Waals surface area contributed by atoms with Gasteiger partial charge in [0.2, 0.25) is 0 Å². The highest BCUT2D eigenvalue weighted by molar-refractivity contribution is 5.69. The van der Waals surface area contributed by atoms with Crippen LogP contribution in [-0.2, 0) is 9.53 Å². The average molecular weight is 326 g/mol. The van der Waals surface area contributed by atoms with E-state index in [1.54, 1.807) is 0 Å². The minimum atomic E-state index is -0.158. The van der Waals surface area contributed by atoms with E-state index in [2.05, 4.69) is 47.8 Å². The SMILES string of the molecule is CCCC1CCC(c2ccc(C#CCCCC(=O)OC)cc2)CC1. The molecule has 0 N–H and O–H groups in total. The van der Waals surface area contributed by atoms with Crippen LogP contribution in [0.15, 0.2) is 24.3 Å². The van der Waals surface area contributed by atoms with E-state index in [-0.39, 0.29) is 5.97 Å². The van der Waals surface area contributed by atoms with Gasteiger partial charge in [-0.2, -0.15) is 0 Å². The first-order valence-corrected chi connectivity index (χ1v) is 9.38. The number of methoxy groups -OCH3 is 1. The molecule has 1 saturated carbocycles. The van der Waals surface area contributed by atoms with Gasteiger partial charge in [-0.05, 0) is 61.6 Å². The van der Waals surface area contributed by atoms with Gasteiger partial charge in [-0.25, -0.2) is 0 Å². The number of carbonyl (C=O) groups is 1. The van der Waals surface area contributed by atoms with Crippen LogP contribution in [0.5, 0.6) is 0 Å². The zero-order valence-electron chi connectivity index (χ0n) is 15.1. The molecule has 2 nitrogen and oxygen atoms in total. The van der Waals surface area contributed by atoms with Crippen molar-refractivity contribution in [2.75, 3.05) is 7.11 Å². The minimum absolute atomic E-state index is 0.158. The van der Waals surface area contributed by atoms with Crippen molar-refractivity contribution in [3.8, 4) is 11.8 Å². The minimum Gasteiger partial charge on any atom is -0.469 e. The molecule has 0 amide bonds. The summed E-state index contributed by atoms with van der Waals surface area (Å²) in [5.74, 6) is 7.87. The van der Waals surface area contributed by atoms with Crippen molar-refractivity contribution in [3.05, 3.63) is 35.4 Å². The number of hydrogen-bond donors (Lipinski definition) is 0.